The predicted octanol–water partition coefficient (Wildman–Crippen LogP) is 3.33. The van der Waals surface area contributed by atoms with Gasteiger partial charge in [0.1, 0.15) is 0 Å². The number of nitrogens with zero attached hydrogens (tertiary/aromatic N) is 4. The van der Waals surface area contributed by atoms with Gasteiger partial charge in [0.25, 0.3) is 5.56 Å². The van der Waals surface area contributed by atoms with Crippen molar-refractivity contribution < 1.29 is 0 Å². The number of para-hydroxylation sites is 1. The highest BCUT2D eigenvalue weighted by Crippen LogP contribution is 2.24. The lowest BCUT2D eigenvalue weighted by Crippen LogP contribution is -2.36. The van der Waals surface area contributed by atoms with Gasteiger partial charge in [-0.05, 0) is 31.9 Å². The summed E-state index contributed by atoms with van der Waals surface area (Å²) in [7, 11) is 0. The molecule has 7 heteroatoms. The Morgan fingerprint density at radius 2 is 2.15 bits per heavy atom. The van der Waals surface area contributed by atoms with Gasteiger partial charge in [-0.1, -0.05) is 18.2 Å². The zero-order chi connectivity index (χ0) is 18.8. The maximum Gasteiger partial charge on any atom is 0.256 e. The SMILES string of the molecule is CCn1cnc2c(c1=O)CCN(Cc1csc(Nc3ccccc3C)n1)C2. The molecule has 3 heterocycles. The fourth-order valence-electron chi connectivity index (χ4n) is 3.37. The topological polar surface area (TPSA) is 63.1 Å². The molecule has 1 aromatic carbocycles. The fraction of sp³-hybridized carbons (Fsp3) is 0.350. The van der Waals surface area contributed by atoms with E-state index < -0.39 is 0 Å². The summed E-state index contributed by atoms with van der Waals surface area (Å²) in [6.45, 7) is 7.04. The first-order valence-electron chi connectivity index (χ1n) is 9.20. The second kappa shape index (κ2) is 7.62. The summed E-state index contributed by atoms with van der Waals surface area (Å²) in [6.07, 6.45) is 2.41. The van der Waals surface area contributed by atoms with Crippen LogP contribution in [0.5, 0.6) is 0 Å². The molecule has 0 saturated heterocycles. The average Bonchev–Trinajstić information content (AvgIpc) is 3.11. The minimum atomic E-state index is 0.112. The molecule has 27 heavy (non-hydrogen) atoms. The number of rotatable bonds is 5. The molecule has 0 bridgehead atoms. The van der Waals surface area contributed by atoms with Crippen molar-refractivity contribution in [2.75, 3.05) is 11.9 Å². The summed E-state index contributed by atoms with van der Waals surface area (Å²) in [5.41, 5.74) is 5.22. The number of hydrogen-bond acceptors (Lipinski definition) is 6. The van der Waals surface area contributed by atoms with Crippen LogP contribution in [0.4, 0.5) is 10.8 Å². The van der Waals surface area contributed by atoms with E-state index in [2.05, 4.69) is 39.6 Å². The minimum Gasteiger partial charge on any atom is -0.331 e. The second-order valence-electron chi connectivity index (χ2n) is 6.81. The van der Waals surface area contributed by atoms with E-state index in [0.717, 1.165) is 47.3 Å². The maximum absolute atomic E-state index is 12.4. The number of benzene rings is 1. The number of hydrogen-bond donors (Lipinski definition) is 1. The molecule has 0 atom stereocenters. The van der Waals surface area contributed by atoms with Crippen LogP contribution in [-0.2, 0) is 26.1 Å². The summed E-state index contributed by atoms with van der Waals surface area (Å²) in [4.78, 5) is 23.9. The van der Waals surface area contributed by atoms with Crippen LogP contribution in [0.3, 0.4) is 0 Å². The highest BCUT2D eigenvalue weighted by molar-refractivity contribution is 7.13. The Bertz CT molecular complexity index is 1010. The Morgan fingerprint density at radius 3 is 2.96 bits per heavy atom. The predicted molar refractivity (Wildman–Crippen MR) is 109 cm³/mol. The Morgan fingerprint density at radius 1 is 1.30 bits per heavy atom. The number of fused-ring (bicyclic) bond motifs is 1. The van der Waals surface area contributed by atoms with Gasteiger partial charge in [0.15, 0.2) is 5.13 Å². The standard InChI is InChI=1S/C20H23N5OS/c1-3-25-13-21-18-11-24(9-8-16(18)19(25)26)10-15-12-27-20(22-15)23-17-7-5-4-6-14(17)2/h4-7,12-13H,3,8-11H2,1-2H3,(H,22,23). The highest BCUT2D eigenvalue weighted by atomic mass is 32.1. The zero-order valence-electron chi connectivity index (χ0n) is 15.6. The van der Waals surface area contributed by atoms with Crippen LogP contribution < -0.4 is 10.9 Å². The summed E-state index contributed by atoms with van der Waals surface area (Å²) in [6, 6.07) is 8.20. The molecule has 2 aromatic heterocycles. The quantitative estimate of drug-likeness (QED) is 0.734. The van der Waals surface area contributed by atoms with E-state index in [1.54, 1.807) is 22.2 Å². The lowest BCUT2D eigenvalue weighted by Gasteiger charge is -2.27. The van der Waals surface area contributed by atoms with E-state index in [1.807, 2.05) is 19.1 Å². The van der Waals surface area contributed by atoms with E-state index >= 15 is 0 Å². The van der Waals surface area contributed by atoms with Gasteiger partial charge in [0.2, 0.25) is 0 Å². The Labute approximate surface area is 162 Å². The van der Waals surface area contributed by atoms with Crippen LogP contribution in [0, 0.1) is 6.92 Å². The molecule has 1 N–H and O–H groups in total. The molecule has 1 aliphatic rings. The van der Waals surface area contributed by atoms with E-state index in [0.29, 0.717) is 13.1 Å². The molecule has 0 aliphatic carbocycles. The van der Waals surface area contributed by atoms with Gasteiger partial charge in [-0.2, -0.15) is 0 Å². The summed E-state index contributed by atoms with van der Waals surface area (Å²) in [5, 5.41) is 6.40. The molecule has 140 valence electrons. The third-order valence-corrected chi connectivity index (χ3v) is 5.74. The van der Waals surface area contributed by atoms with Crippen molar-refractivity contribution in [3.05, 3.63) is 68.8 Å². The van der Waals surface area contributed by atoms with Gasteiger partial charge in [-0.15, -0.1) is 11.3 Å². The Kier molecular flexibility index (Phi) is 5.05. The molecule has 6 nitrogen and oxygen atoms in total. The molecule has 1 aliphatic heterocycles. The average molecular weight is 382 g/mol. The van der Waals surface area contributed by atoms with Crippen LogP contribution in [0.2, 0.25) is 0 Å². The molecular weight excluding hydrogens is 358 g/mol. The van der Waals surface area contributed by atoms with Crippen LogP contribution in [0.1, 0.15) is 29.4 Å². The smallest absolute Gasteiger partial charge is 0.256 e. The van der Waals surface area contributed by atoms with Crippen LogP contribution in [-0.4, -0.2) is 26.0 Å². The third kappa shape index (κ3) is 3.79. The van der Waals surface area contributed by atoms with E-state index in [1.165, 1.54) is 5.56 Å². The number of aromatic nitrogens is 3. The van der Waals surface area contributed by atoms with Gasteiger partial charge in [-0.3, -0.25) is 14.3 Å². The highest BCUT2D eigenvalue weighted by Gasteiger charge is 2.21. The monoisotopic (exact) mass is 381 g/mol. The third-order valence-electron chi connectivity index (χ3n) is 4.94. The zero-order valence-corrected chi connectivity index (χ0v) is 16.4. The molecule has 0 amide bonds. The summed E-state index contributed by atoms with van der Waals surface area (Å²) in [5.74, 6) is 0. The molecule has 0 fully saturated rings. The van der Waals surface area contributed by atoms with Crippen LogP contribution in [0.25, 0.3) is 0 Å². The number of anilines is 2. The Hall–Kier alpha value is -2.51. The fourth-order valence-corrected chi connectivity index (χ4v) is 4.08. The lowest BCUT2D eigenvalue weighted by atomic mass is 10.1. The molecule has 0 saturated carbocycles. The first-order valence-corrected chi connectivity index (χ1v) is 10.1. The van der Waals surface area contributed by atoms with Gasteiger partial charge in [0.05, 0.1) is 17.7 Å². The van der Waals surface area contributed by atoms with Gasteiger partial charge in [-0.25, -0.2) is 9.97 Å². The summed E-state index contributed by atoms with van der Waals surface area (Å²) < 4.78 is 1.68. The lowest BCUT2D eigenvalue weighted by molar-refractivity contribution is 0.237. The van der Waals surface area contributed by atoms with Crippen molar-refractivity contribution >= 4 is 22.2 Å². The minimum absolute atomic E-state index is 0.112. The first-order chi connectivity index (χ1) is 13.1. The molecule has 0 radical (unpaired) electrons. The van der Waals surface area contributed by atoms with Crippen molar-refractivity contribution in [1.82, 2.24) is 19.4 Å². The number of nitrogens with one attached hydrogen (secondary N) is 1. The van der Waals surface area contributed by atoms with Gasteiger partial charge >= 0.3 is 0 Å². The van der Waals surface area contributed by atoms with E-state index in [9.17, 15) is 4.79 Å². The van der Waals surface area contributed by atoms with E-state index in [4.69, 9.17) is 4.98 Å². The number of aryl methyl sites for hydroxylation is 2. The second-order valence-corrected chi connectivity index (χ2v) is 7.66. The molecule has 3 aromatic rings. The van der Waals surface area contributed by atoms with Gasteiger partial charge < -0.3 is 5.32 Å². The van der Waals surface area contributed by atoms with Crippen LogP contribution >= 0.6 is 11.3 Å². The number of thiazole rings is 1. The Balaban J connectivity index is 1.44. The van der Waals surface area contributed by atoms with Crippen molar-refractivity contribution in [3.63, 3.8) is 0 Å². The largest absolute Gasteiger partial charge is 0.331 e. The van der Waals surface area contributed by atoms with Crippen molar-refractivity contribution in [2.45, 2.75) is 39.9 Å². The van der Waals surface area contributed by atoms with Crippen LogP contribution in [0.15, 0.2) is 40.8 Å². The molecule has 4 rings (SSSR count). The van der Waals surface area contributed by atoms with Crippen molar-refractivity contribution in [2.24, 2.45) is 0 Å². The molecule has 0 unspecified atom stereocenters. The normalized spacial score (nSPS) is 14.1. The molecule has 0 spiro atoms. The van der Waals surface area contributed by atoms with Crippen molar-refractivity contribution in [1.29, 1.82) is 0 Å². The van der Waals surface area contributed by atoms with Crippen molar-refractivity contribution in [3.8, 4) is 0 Å². The maximum atomic E-state index is 12.4. The van der Waals surface area contributed by atoms with E-state index in [-0.39, 0.29) is 5.56 Å². The van der Waals surface area contributed by atoms with Gasteiger partial charge in [0, 0.05) is 42.8 Å². The first kappa shape index (κ1) is 17.9. The molecular formula is C20H23N5OS. The summed E-state index contributed by atoms with van der Waals surface area (Å²) >= 11 is 1.62.